The first kappa shape index (κ1) is 40.5. The van der Waals surface area contributed by atoms with Gasteiger partial charge >= 0.3 is 5.97 Å². The molecule has 0 saturated heterocycles. The number of rotatable bonds is 33. The molecule has 41 heavy (non-hydrogen) atoms. The summed E-state index contributed by atoms with van der Waals surface area (Å²) < 4.78 is 0. The van der Waals surface area contributed by atoms with E-state index in [1.807, 2.05) is 0 Å². The molecule has 2 unspecified atom stereocenters. The first-order chi connectivity index (χ1) is 19.9. The zero-order valence-electron chi connectivity index (χ0n) is 27.4. The van der Waals surface area contributed by atoms with Gasteiger partial charge in [-0.15, -0.1) is 12.6 Å². The van der Waals surface area contributed by atoms with Crippen molar-refractivity contribution in [2.75, 3.05) is 0 Å². The number of thiol groups is 1. The molecular weight excluding hydrogens is 528 g/mol. The number of carbonyl (C=O) groups excluding carboxylic acids is 1. The van der Waals surface area contributed by atoms with Gasteiger partial charge in [-0.2, -0.15) is 0 Å². The van der Waals surface area contributed by atoms with Gasteiger partial charge in [-0.1, -0.05) is 187 Å². The summed E-state index contributed by atoms with van der Waals surface area (Å²) in [5, 5.41) is 20.4. The average molecular weight is 599 g/mol. The Balaban J connectivity index is 3.97. The Morgan fingerprint density at radius 1 is 0.512 bits per heavy atom. The predicted octanol–water partition coefficient (Wildman–Crippen LogP) is 11.6. The molecule has 0 spiro atoms. The highest BCUT2D eigenvalue weighted by Gasteiger charge is 2.46. The minimum Gasteiger partial charge on any atom is -0.479 e. The number of hydrogen-bond acceptors (Lipinski definition) is 3. The summed E-state index contributed by atoms with van der Waals surface area (Å²) in [5.41, 5.74) is -1.99. The van der Waals surface area contributed by atoms with Crippen LogP contribution in [-0.2, 0) is 9.59 Å². The molecule has 0 aliphatic rings. The van der Waals surface area contributed by atoms with E-state index in [9.17, 15) is 19.8 Å². The van der Waals surface area contributed by atoms with Gasteiger partial charge < -0.3 is 10.2 Å². The molecule has 0 fully saturated rings. The van der Waals surface area contributed by atoms with Gasteiger partial charge in [0.2, 0.25) is 0 Å². The number of hydrogen-bond donors (Lipinski definition) is 3. The number of carboxylic acid groups (broad SMARTS) is 1. The van der Waals surface area contributed by atoms with Crippen molar-refractivity contribution < 1.29 is 19.8 Å². The lowest BCUT2D eigenvalue weighted by Crippen LogP contribution is -2.48. The van der Waals surface area contributed by atoms with E-state index in [1.165, 1.54) is 135 Å². The summed E-state index contributed by atoms with van der Waals surface area (Å²) in [5.74, 6) is -2.20. The third-order valence-corrected chi connectivity index (χ3v) is 9.31. The van der Waals surface area contributed by atoms with Crippen molar-refractivity contribution in [3.05, 3.63) is 0 Å². The molecule has 0 saturated carbocycles. The van der Waals surface area contributed by atoms with E-state index in [0.29, 0.717) is 12.8 Å². The molecule has 2 N–H and O–H groups in total. The molecule has 2 atom stereocenters. The van der Waals surface area contributed by atoms with Crippen LogP contribution in [0.4, 0.5) is 0 Å². The van der Waals surface area contributed by atoms with Crippen LogP contribution < -0.4 is 0 Å². The lowest BCUT2D eigenvalue weighted by Gasteiger charge is -2.30. The molecule has 0 rings (SSSR count). The van der Waals surface area contributed by atoms with E-state index in [2.05, 4.69) is 26.5 Å². The van der Waals surface area contributed by atoms with Crippen LogP contribution in [0.15, 0.2) is 0 Å². The van der Waals surface area contributed by atoms with Crippen LogP contribution in [0.3, 0.4) is 0 Å². The van der Waals surface area contributed by atoms with Crippen LogP contribution in [0.5, 0.6) is 0 Å². The molecule has 0 aromatic heterocycles. The second-order valence-electron chi connectivity index (χ2n) is 12.9. The molecule has 0 bridgehead atoms. The number of aliphatic carboxylic acids is 1. The van der Waals surface area contributed by atoms with Crippen molar-refractivity contribution >= 4 is 23.7 Å². The van der Waals surface area contributed by atoms with Gasteiger partial charge in [0.1, 0.15) is 0 Å². The number of carboxylic acids is 1. The summed E-state index contributed by atoms with van der Waals surface area (Å²) >= 11 is 3.99. The molecule has 0 amide bonds. The minimum absolute atomic E-state index is 0.135. The lowest BCUT2D eigenvalue weighted by molar-refractivity contribution is -0.168. The van der Waals surface area contributed by atoms with Gasteiger partial charge in [-0.25, -0.2) is 4.79 Å². The fraction of sp³-hybridized carbons (Fsp3) is 0.944. The summed E-state index contributed by atoms with van der Waals surface area (Å²) in [6.45, 7) is 4.52. The van der Waals surface area contributed by atoms with Crippen molar-refractivity contribution in [3.63, 3.8) is 0 Å². The topological polar surface area (TPSA) is 74.6 Å². The molecular formula is C36H70O4S. The van der Waals surface area contributed by atoms with Crippen LogP contribution in [-0.4, -0.2) is 26.9 Å². The Morgan fingerprint density at radius 2 is 0.780 bits per heavy atom. The molecule has 0 aromatic carbocycles. The van der Waals surface area contributed by atoms with Crippen molar-refractivity contribution in [2.45, 2.75) is 212 Å². The monoisotopic (exact) mass is 598 g/mol. The zero-order valence-corrected chi connectivity index (χ0v) is 28.3. The largest absolute Gasteiger partial charge is 0.479 e. The molecule has 0 heterocycles. The van der Waals surface area contributed by atoms with E-state index in [4.69, 9.17) is 0 Å². The zero-order chi connectivity index (χ0) is 30.4. The normalized spacial score (nSPS) is 13.8. The van der Waals surface area contributed by atoms with E-state index >= 15 is 0 Å². The van der Waals surface area contributed by atoms with Gasteiger partial charge in [0.25, 0.3) is 0 Å². The minimum atomic E-state index is -1.99. The Morgan fingerprint density at radius 3 is 1.05 bits per heavy atom. The first-order valence-corrected chi connectivity index (χ1v) is 18.5. The van der Waals surface area contributed by atoms with Gasteiger partial charge in [0.15, 0.2) is 10.7 Å². The maximum atomic E-state index is 12.2. The summed E-state index contributed by atoms with van der Waals surface area (Å²) in [7, 11) is 0. The van der Waals surface area contributed by atoms with Gasteiger partial charge in [0, 0.05) is 0 Å². The second-order valence-corrected chi connectivity index (χ2v) is 13.3. The fourth-order valence-electron chi connectivity index (χ4n) is 6.13. The fourth-order valence-corrected chi connectivity index (χ4v) is 6.47. The highest BCUT2D eigenvalue weighted by atomic mass is 32.1. The van der Waals surface area contributed by atoms with Crippen molar-refractivity contribution in [1.82, 2.24) is 0 Å². The van der Waals surface area contributed by atoms with Gasteiger partial charge in [0.05, 0.1) is 5.92 Å². The third kappa shape index (κ3) is 23.6. The Hall–Kier alpha value is -0.550. The Labute approximate surface area is 261 Å². The highest BCUT2D eigenvalue weighted by Crippen LogP contribution is 2.31. The molecule has 4 nitrogen and oxygen atoms in total. The smallest absolute Gasteiger partial charge is 0.336 e. The highest BCUT2D eigenvalue weighted by molar-refractivity contribution is 7.96. The summed E-state index contributed by atoms with van der Waals surface area (Å²) in [4.78, 5) is 24.3. The molecule has 0 aliphatic carbocycles. The molecule has 0 aliphatic heterocycles. The van der Waals surface area contributed by atoms with Gasteiger partial charge in [-0.3, -0.25) is 4.79 Å². The van der Waals surface area contributed by atoms with Crippen molar-refractivity contribution in [3.8, 4) is 0 Å². The van der Waals surface area contributed by atoms with E-state index < -0.39 is 22.6 Å². The van der Waals surface area contributed by atoms with Crippen LogP contribution in [0, 0.1) is 5.92 Å². The van der Waals surface area contributed by atoms with Crippen molar-refractivity contribution in [1.29, 1.82) is 0 Å². The standard InChI is InChI=1S/C36H70O4S/c1-3-5-7-9-11-13-15-17-19-21-23-25-27-29-31-33(34(37)41)36(40,35(38)39)32-30-28-26-24-22-20-18-16-14-12-10-8-6-4-2/h33,40H,3-32H2,1-2H3,(H,37,41)(H,38,39). The predicted molar refractivity (Wildman–Crippen MR) is 180 cm³/mol. The number of aliphatic hydroxyl groups is 1. The number of carbonyl (C=O) groups is 2. The van der Waals surface area contributed by atoms with Gasteiger partial charge in [-0.05, 0) is 19.3 Å². The molecule has 244 valence electrons. The first-order valence-electron chi connectivity index (χ1n) is 18.1. The second kappa shape index (κ2) is 29.5. The molecule has 5 heteroatoms. The average Bonchev–Trinajstić information content (AvgIpc) is 2.94. The van der Waals surface area contributed by atoms with Crippen LogP contribution in [0.2, 0.25) is 0 Å². The van der Waals surface area contributed by atoms with Crippen LogP contribution >= 0.6 is 12.6 Å². The lowest BCUT2D eigenvalue weighted by atomic mass is 9.80. The maximum Gasteiger partial charge on any atom is 0.336 e. The third-order valence-electron chi connectivity index (χ3n) is 9.00. The maximum absolute atomic E-state index is 12.2. The Bertz CT molecular complexity index is 596. The molecule has 0 radical (unpaired) electrons. The molecule has 0 aromatic rings. The SMILES string of the molecule is CCCCCCCCCCCCCCCCC(C(=O)S)C(O)(CCCCCCCCCCCCCCCC)C(=O)O. The Kier molecular flexibility index (Phi) is 29.1. The van der Waals surface area contributed by atoms with E-state index in [0.717, 1.165) is 38.5 Å². The van der Waals surface area contributed by atoms with Crippen LogP contribution in [0.1, 0.15) is 206 Å². The quantitative estimate of drug-likeness (QED) is 0.0519. The number of unbranched alkanes of at least 4 members (excludes halogenated alkanes) is 26. The summed E-state index contributed by atoms with van der Waals surface area (Å²) in [6.07, 6.45) is 35.1. The van der Waals surface area contributed by atoms with Crippen molar-refractivity contribution in [2.24, 2.45) is 5.92 Å². The van der Waals surface area contributed by atoms with E-state index in [1.54, 1.807) is 0 Å². The van der Waals surface area contributed by atoms with E-state index in [-0.39, 0.29) is 6.42 Å². The summed E-state index contributed by atoms with van der Waals surface area (Å²) in [6, 6.07) is 0. The van der Waals surface area contributed by atoms with Crippen LogP contribution in [0.25, 0.3) is 0 Å².